The normalized spacial score (nSPS) is 10.0. The molecule has 86 valence electrons. The Morgan fingerprint density at radius 2 is 2.06 bits per heavy atom. The molecule has 17 heavy (non-hydrogen) atoms. The van der Waals surface area contributed by atoms with Crippen LogP contribution in [-0.4, -0.2) is 9.97 Å². The molecule has 0 amide bonds. The van der Waals surface area contributed by atoms with Gasteiger partial charge in [-0.25, -0.2) is 0 Å². The highest BCUT2D eigenvalue weighted by Gasteiger charge is 2.05. The van der Waals surface area contributed by atoms with Crippen molar-refractivity contribution in [2.24, 2.45) is 0 Å². The first-order valence-corrected chi connectivity index (χ1v) is 5.99. The zero-order chi connectivity index (χ0) is 12.3. The van der Waals surface area contributed by atoms with Gasteiger partial charge in [0, 0.05) is 23.0 Å². The Balaban J connectivity index is 2.19. The van der Waals surface area contributed by atoms with E-state index in [1.165, 1.54) is 0 Å². The molecular weight excluding hydrogens is 275 g/mol. The molecule has 0 saturated heterocycles. The predicted molar refractivity (Wildman–Crippen MR) is 76.0 cm³/mol. The third-order valence-corrected chi connectivity index (χ3v) is 2.99. The van der Waals surface area contributed by atoms with Gasteiger partial charge < -0.3 is 5.32 Å². The molecule has 1 aromatic carbocycles. The maximum Gasteiger partial charge on any atom is 0.112 e. The Hall–Kier alpha value is -1.16. The average molecular weight is 283 g/mol. The van der Waals surface area contributed by atoms with E-state index in [1.54, 1.807) is 30.6 Å². The Morgan fingerprint density at radius 3 is 2.71 bits per heavy atom. The SMILES string of the molecule is S=C(Nc1ccc(Cl)cc1Cl)c1cccnc1. The van der Waals surface area contributed by atoms with E-state index in [0.717, 1.165) is 11.3 Å². The zero-order valence-electron chi connectivity index (χ0n) is 8.65. The monoisotopic (exact) mass is 282 g/mol. The van der Waals surface area contributed by atoms with Gasteiger partial charge in [-0.1, -0.05) is 35.4 Å². The van der Waals surface area contributed by atoms with E-state index in [2.05, 4.69) is 10.3 Å². The second-order valence-electron chi connectivity index (χ2n) is 3.32. The number of nitrogens with one attached hydrogen (secondary N) is 1. The van der Waals surface area contributed by atoms with Crippen LogP contribution in [-0.2, 0) is 0 Å². The van der Waals surface area contributed by atoms with Crippen molar-refractivity contribution in [3.8, 4) is 0 Å². The highest BCUT2D eigenvalue weighted by atomic mass is 35.5. The molecule has 0 spiro atoms. The van der Waals surface area contributed by atoms with Crippen LogP contribution in [0.1, 0.15) is 5.56 Å². The summed E-state index contributed by atoms with van der Waals surface area (Å²) >= 11 is 17.1. The zero-order valence-corrected chi connectivity index (χ0v) is 11.0. The molecule has 5 heteroatoms. The summed E-state index contributed by atoms with van der Waals surface area (Å²) in [6.45, 7) is 0. The van der Waals surface area contributed by atoms with Crippen molar-refractivity contribution in [2.75, 3.05) is 5.32 Å². The molecule has 0 fully saturated rings. The second-order valence-corrected chi connectivity index (χ2v) is 4.57. The molecule has 0 radical (unpaired) electrons. The summed E-state index contributed by atoms with van der Waals surface area (Å²) in [4.78, 5) is 4.57. The highest BCUT2D eigenvalue weighted by Crippen LogP contribution is 2.25. The first kappa shape index (κ1) is 12.3. The number of rotatable bonds is 2. The fourth-order valence-corrected chi connectivity index (χ4v) is 1.97. The predicted octanol–water partition coefficient (Wildman–Crippen LogP) is 4.18. The van der Waals surface area contributed by atoms with Gasteiger partial charge in [0.1, 0.15) is 4.99 Å². The van der Waals surface area contributed by atoms with Crippen molar-refractivity contribution in [2.45, 2.75) is 0 Å². The minimum Gasteiger partial charge on any atom is -0.345 e. The summed E-state index contributed by atoms with van der Waals surface area (Å²) in [6.07, 6.45) is 3.39. The standard InChI is InChI=1S/C12H8Cl2N2S/c13-9-3-4-11(10(14)6-9)16-12(17)8-2-1-5-15-7-8/h1-7H,(H,16,17). The molecule has 0 aliphatic rings. The number of hydrogen-bond acceptors (Lipinski definition) is 2. The molecule has 0 aliphatic heterocycles. The lowest BCUT2D eigenvalue weighted by molar-refractivity contribution is 1.32. The minimum absolute atomic E-state index is 0.531. The van der Waals surface area contributed by atoms with E-state index < -0.39 is 0 Å². The summed E-state index contributed by atoms with van der Waals surface area (Å²) in [6, 6.07) is 8.91. The van der Waals surface area contributed by atoms with Crippen LogP contribution in [0.4, 0.5) is 5.69 Å². The van der Waals surface area contributed by atoms with Crippen LogP contribution in [0.3, 0.4) is 0 Å². The van der Waals surface area contributed by atoms with Gasteiger partial charge in [0.25, 0.3) is 0 Å². The van der Waals surface area contributed by atoms with Gasteiger partial charge >= 0.3 is 0 Å². The quantitative estimate of drug-likeness (QED) is 0.837. The molecule has 0 atom stereocenters. The molecule has 0 unspecified atom stereocenters. The maximum atomic E-state index is 6.04. The smallest absolute Gasteiger partial charge is 0.112 e. The molecular formula is C12H8Cl2N2S. The number of pyridine rings is 1. The number of anilines is 1. The third-order valence-electron chi connectivity index (χ3n) is 2.10. The molecule has 2 nitrogen and oxygen atoms in total. The summed E-state index contributed by atoms with van der Waals surface area (Å²) < 4.78 is 0. The molecule has 0 bridgehead atoms. The van der Waals surface area contributed by atoms with Gasteiger partial charge in [-0.3, -0.25) is 4.98 Å². The van der Waals surface area contributed by atoms with Crippen LogP contribution < -0.4 is 5.32 Å². The van der Waals surface area contributed by atoms with Crippen LogP contribution >= 0.6 is 35.4 Å². The van der Waals surface area contributed by atoms with Crippen LogP contribution in [0.15, 0.2) is 42.7 Å². The van der Waals surface area contributed by atoms with Gasteiger partial charge in [-0.05, 0) is 30.3 Å². The lowest BCUT2D eigenvalue weighted by atomic mass is 10.2. The third kappa shape index (κ3) is 3.16. The van der Waals surface area contributed by atoms with Crippen LogP contribution in [0.5, 0.6) is 0 Å². The number of halogens is 2. The van der Waals surface area contributed by atoms with Gasteiger partial charge in [0.15, 0.2) is 0 Å². The summed E-state index contributed by atoms with van der Waals surface area (Å²) in [5, 5.41) is 4.18. The van der Waals surface area contributed by atoms with Crippen LogP contribution in [0.2, 0.25) is 10.0 Å². The molecule has 1 N–H and O–H groups in total. The Labute approximate surface area is 115 Å². The van der Waals surface area contributed by atoms with Crippen molar-refractivity contribution < 1.29 is 0 Å². The van der Waals surface area contributed by atoms with Crippen molar-refractivity contribution in [1.82, 2.24) is 4.98 Å². The first-order valence-electron chi connectivity index (χ1n) is 4.83. The molecule has 2 rings (SSSR count). The summed E-state index contributed by atoms with van der Waals surface area (Å²) in [5.74, 6) is 0. The Kier molecular flexibility index (Phi) is 3.94. The second kappa shape index (κ2) is 5.45. The van der Waals surface area contributed by atoms with Crippen molar-refractivity contribution in [3.63, 3.8) is 0 Å². The van der Waals surface area contributed by atoms with Crippen molar-refractivity contribution >= 4 is 46.1 Å². The maximum absolute atomic E-state index is 6.04. The first-order chi connectivity index (χ1) is 8.16. The number of nitrogens with zero attached hydrogens (tertiary/aromatic N) is 1. The topological polar surface area (TPSA) is 24.9 Å². The van der Waals surface area contributed by atoms with Crippen molar-refractivity contribution in [3.05, 3.63) is 58.3 Å². The van der Waals surface area contributed by atoms with E-state index in [9.17, 15) is 0 Å². The summed E-state index contributed by atoms with van der Waals surface area (Å²) in [7, 11) is 0. The van der Waals surface area contributed by atoms with E-state index >= 15 is 0 Å². The van der Waals surface area contributed by atoms with Gasteiger partial charge in [-0.15, -0.1) is 0 Å². The number of hydrogen-bond donors (Lipinski definition) is 1. The van der Waals surface area contributed by atoms with E-state index in [0.29, 0.717) is 15.0 Å². The fraction of sp³-hybridized carbons (Fsp3) is 0. The molecule has 2 aromatic rings. The number of benzene rings is 1. The van der Waals surface area contributed by atoms with Gasteiger partial charge in [-0.2, -0.15) is 0 Å². The Bertz CT molecular complexity index is 543. The fourth-order valence-electron chi connectivity index (χ4n) is 1.28. The molecule has 1 heterocycles. The average Bonchev–Trinajstić information content (AvgIpc) is 2.34. The number of thiocarbonyl (C=S) groups is 1. The van der Waals surface area contributed by atoms with Gasteiger partial charge in [0.05, 0.1) is 10.7 Å². The van der Waals surface area contributed by atoms with Gasteiger partial charge in [0.2, 0.25) is 0 Å². The molecule has 0 aliphatic carbocycles. The van der Waals surface area contributed by atoms with E-state index in [-0.39, 0.29) is 0 Å². The number of aromatic nitrogens is 1. The molecule has 0 saturated carbocycles. The summed E-state index contributed by atoms with van der Waals surface area (Å²) in [5.41, 5.74) is 1.57. The lowest BCUT2D eigenvalue weighted by Crippen LogP contribution is -2.10. The molecule has 1 aromatic heterocycles. The lowest BCUT2D eigenvalue weighted by Gasteiger charge is -2.09. The van der Waals surface area contributed by atoms with E-state index in [1.807, 2.05) is 12.1 Å². The van der Waals surface area contributed by atoms with Crippen LogP contribution in [0, 0.1) is 0 Å². The van der Waals surface area contributed by atoms with E-state index in [4.69, 9.17) is 35.4 Å². The largest absolute Gasteiger partial charge is 0.345 e. The minimum atomic E-state index is 0.531. The van der Waals surface area contributed by atoms with Crippen LogP contribution in [0.25, 0.3) is 0 Å². The highest BCUT2D eigenvalue weighted by molar-refractivity contribution is 7.81. The Morgan fingerprint density at radius 1 is 1.24 bits per heavy atom. The van der Waals surface area contributed by atoms with Crippen molar-refractivity contribution in [1.29, 1.82) is 0 Å².